The smallest absolute Gasteiger partial charge is 0.411 e. The van der Waals surface area contributed by atoms with Crippen molar-refractivity contribution < 1.29 is 23.8 Å². The third kappa shape index (κ3) is 4.17. The summed E-state index contributed by atoms with van der Waals surface area (Å²) < 4.78 is 18.5. The van der Waals surface area contributed by atoms with E-state index in [4.69, 9.17) is 4.74 Å². The minimum atomic E-state index is -1.78. The third-order valence-electron chi connectivity index (χ3n) is 4.06. The van der Waals surface area contributed by atoms with E-state index in [2.05, 4.69) is 4.98 Å². The number of ether oxygens (including phenoxy) is 1. The maximum Gasteiger partial charge on any atom is 0.411 e. The molecule has 0 radical (unpaired) electrons. The van der Waals surface area contributed by atoms with Crippen molar-refractivity contribution in [1.82, 2.24) is 9.88 Å². The highest BCUT2D eigenvalue weighted by molar-refractivity contribution is 5.85. The van der Waals surface area contributed by atoms with Crippen molar-refractivity contribution in [3.05, 3.63) is 65.7 Å². The topological polar surface area (TPSA) is 79.7 Å². The highest BCUT2D eigenvalue weighted by Crippen LogP contribution is 2.29. The first-order valence-electron chi connectivity index (χ1n) is 8.23. The number of carbonyl (C=O) groups is 2. The van der Waals surface area contributed by atoms with Crippen LogP contribution in [0.25, 0.3) is 0 Å². The van der Waals surface area contributed by atoms with E-state index in [1.165, 1.54) is 13.0 Å². The fourth-order valence-corrected chi connectivity index (χ4v) is 2.55. The van der Waals surface area contributed by atoms with E-state index in [0.717, 1.165) is 22.7 Å². The summed E-state index contributed by atoms with van der Waals surface area (Å²) in [5.41, 5.74) is -0.942. The lowest BCUT2D eigenvalue weighted by atomic mass is 9.94. The van der Waals surface area contributed by atoms with Gasteiger partial charge in [-0.05, 0) is 31.0 Å². The number of hydrogen-bond acceptors (Lipinski definition) is 4. The van der Waals surface area contributed by atoms with Gasteiger partial charge in [0.15, 0.2) is 5.54 Å². The second-order valence-corrected chi connectivity index (χ2v) is 5.93. The predicted octanol–water partition coefficient (Wildman–Crippen LogP) is 3.57. The van der Waals surface area contributed by atoms with Gasteiger partial charge in [0.1, 0.15) is 12.4 Å². The Morgan fingerprint density at radius 1 is 1.23 bits per heavy atom. The maximum absolute atomic E-state index is 13.2. The largest absolute Gasteiger partial charge is 0.479 e. The first-order chi connectivity index (χ1) is 12.4. The Labute approximate surface area is 151 Å². The van der Waals surface area contributed by atoms with E-state index in [1.54, 1.807) is 12.1 Å². The SMILES string of the molecule is CCCN(C(=O)OCc1ccccc1)C(C)(C(=O)O)c1ccc(F)cn1. The van der Waals surface area contributed by atoms with Gasteiger partial charge in [-0.3, -0.25) is 9.88 Å². The number of hydrogen-bond donors (Lipinski definition) is 1. The van der Waals surface area contributed by atoms with Crippen molar-refractivity contribution in [1.29, 1.82) is 0 Å². The molecular weight excluding hydrogens is 339 g/mol. The summed E-state index contributed by atoms with van der Waals surface area (Å²) in [6.07, 6.45) is 0.673. The van der Waals surface area contributed by atoms with E-state index in [9.17, 15) is 19.1 Å². The van der Waals surface area contributed by atoms with Crippen LogP contribution in [0.5, 0.6) is 0 Å². The Balaban J connectivity index is 2.29. The van der Waals surface area contributed by atoms with Gasteiger partial charge in [0.2, 0.25) is 0 Å². The normalized spacial score (nSPS) is 12.9. The molecule has 0 fully saturated rings. The van der Waals surface area contributed by atoms with Crippen molar-refractivity contribution in [3.8, 4) is 0 Å². The van der Waals surface area contributed by atoms with E-state index < -0.39 is 23.4 Å². The molecule has 2 aromatic rings. The highest BCUT2D eigenvalue weighted by atomic mass is 19.1. The van der Waals surface area contributed by atoms with Gasteiger partial charge in [-0.1, -0.05) is 37.3 Å². The van der Waals surface area contributed by atoms with Crippen molar-refractivity contribution in [2.24, 2.45) is 0 Å². The van der Waals surface area contributed by atoms with Crippen LogP contribution in [0.1, 0.15) is 31.5 Å². The van der Waals surface area contributed by atoms with E-state index >= 15 is 0 Å². The Hall–Kier alpha value is -2.96. The predicted molar refractivity (Wildman–Crippen MR) is 92.8 cm³/mol. The van der Waals surface area contributed by atoms with Crippen LogP contribution in [-0.4, -0.2) is 33.6 Å². The number of rotatable bonds is 7. The zero-order valence-electron chi connectivity index (χ0n) is 14.7. The Morgan fingerprint density at radius 3 is 2.46 bits per heavy atom. The first-order valence-corrected chi connectivity index (χ1v) is 8.23. The molecular formula is C19H21FN2O4. The zero-order chi connectivity index (χ0) is 19.2. The number of carbonyl (C=O) groups excluding carboxylic acids is 1. The molecule has 6 nitrogen and oxygen atoms in total. The molecule has 2 rings (SSSR count). The van der Waals surface area contributed by atoms with Gasteiger partial charge in [-0.25, -0.2) is 14.0 Å². The summed E-state index contributed by atoms with van der Waals surface area (Å²) in [6, 6.07) is 11.5. The maximum atomic E-state index is 13.2. The summed E-state index contributed by atoms with van der Waals surface area (Å²) in [6.45, 7) is 3.34. The molecule has 7 heteroatoms. The molecule has 0 aliphatic rings. The van der Waals surface area contributed by atoms with Crippen LogP contribution in [0.15, 0.2) is 48.7 Å². The number of aliphatic carboxylic acids is 1. The van der Waals surface area contributed by atoms with Crippen LogP contribution in [-0.2, 0) is 21.7 Å². The Kier molecular flexibility index (Phi) is 6.27. The lowest BCUT2D eigenvalue weighted by Gasteiger charge is -2.36. The van der Waals surface area contributed by atoms with Crippen LogP contribution < -0.4 is 0 Å². The molecule has 0 aliphatic heterocycles. The lowest BCUT2D eigenvalue weighted by molar-refractivity contribution is -0.150. The number of nitrogens with zero attached hydrogens (tertiary/aromatic N) is 2. The summed E-state index contributed by atoms with van der Waals surface area (Å²) in [4.78, 5) is 29.6. The molecule has 1 atom stereocenters. The fourth-order valence-electron chi connectivity index (χ4n) is 2.55. The average Bonchev–Trinajstić information content (AvgIpc) is 2.65. The van der Waals surface area contributed by atoms with E-state index in [1.807, 2.05) is 25.1 Å². The minimum Gasteiger partial charge on any atom is -0.479 e. The number of pyridine rings is 1. The Morgan fingerprint density at radius 2 is 1.92 bits per heavy atom. The first kappa shape index (κ1) is 19.4. The molecule has 0 saturated heterocycles. The standard InChI is InChI=1S/C19H21FN2O4/c1-3-11-22(18(25)26-13-14-7-5-4-6-8-14)19(2,17(23)24)16-10-9-15(20)12-21-16/h4-10,12H,3,11,13H2,1-2H3,(H,23,24). The summed E-state index contributed by atoms with van der Waals surface area (Å²) in [5, 5.41) is 9.80. The van der Waals surface area contributed by atoms with Crippen molar-refractivity contribution >= 4 is 12.1 Å². The zero-order valence-corrected chi connectivity index (χ0v) is 14.7. The van der Waals surface area contributed by atoms with Crippen LogP contribution >= 0.6 is 0 Å². The Bertz CT molecular complexity index is 752. The van der Waals surface area contributed by atoms with Crippen LogP contribution in [0.4, 0.5) is 9.18 Å². The summed E-state index contributed by atoms with van der Waals surface area (Å²) >= 11 is 0. The van der Waals surface area contributed by atoms with Gasteiger partial charge in [-0.2, -0.15) is 0 Å². The third-order valence-corrected chi connectivity index (χ3v) is 4.06. The lowest BCUT2D eigenvalue weighted by Crippen LogP contribution is -2.53. The number of carboxylic acid groups (broad SMARTS) is 1. The molecule has 26 heavy (non-hydrogen) atoms. The van der Waals surface area contributed by atoms with Gasteiger partial charge in [0, 0.05) is 6.54 Å². The van der Waals surface area contributed by atoms with Gasteiger partial charge < -0.3 is 9.84 Å². The van der Waals surface area contributed by atoms with Crippen LogP contribution in [0.3, 0.4) is 0 Å². The fraction of sp³-hybridized carbons (Fsp3) is 0.316. The van der Waals surface area contributed by atoms with Crippen molar-refractivity contribution in [3.63, 3.8) is 0 Å². The average molecular weight is 360 g/mol. The van der Waals surface area contributed by atoms with Gasteiger partial charge in [0.05, 0.1) is 11.9 Å². The minimum absolute atomic E-state index is 0.0203. The number of carboxylic acids is 1. The van der Waals surface area contributed by atoms with Crippen LogP contribution in [0.2, 0.25) is 0 Å². The monoisotopic (exact) mass is 360 g/mol. The number of halogens is 1. The highest BCUT2D eigenvalue weighted by Gasteiger charge is 2.46. The summed E-state index contributed by atoms with van der Waals surface area (Å²) in [5.74, 6) is -1.86. The van der Waals surface area contributed by atoms with E-state index in [0.29, 0.717) is 6.42 Å². The number of amides is 1. The molecule has 1 aromatic carbocycles. The van der Waals surface area contributed by atoms with Crippen molar-refractivity contribution in [2.45, 2.75) is 32.4 Å². The molecule has 138 valence electrons. The molecule has 0 aliphatic carbocycles. The quantitative estimate of drug-likeness (QED) is 0.816. The molecule has 1 heterocycles. The number of aromatic nitrogens is 1. The molecule has 1 aromatic heterocycles. The second-order valence-electron chi connectivity index (χ2n) is 5.93. The van der Waals surface area contributed by atoms with Crippen LogP contribution in [0, 0.1) is 5.82 Å². The second kappa shape index (κ2) is 8.42. The molecule has 1 amide bonds. The van der Waals surface area contributed by atoms with Gasteiger partial charge >= 0.3 is 12.1 Å². The molecule has 1 N–H and O–H groups in total. The van der Waals surface area contributed by atoms with Gasteiger partial charge in [-0.15, -0.1) is 0 Å². The van der Waals surface area contributed by atoms with Gasteiger partial charge in [0.25, 0.3) is 0 Å². The molecule has 1 unspecified atom stereocenters. The van der Waals surface area contributed by atoms with Crippen molar-refractivity contribution in [2.75, 3.05) is 6.54 Å². The number of benzene rings is 1. The molecule has 0 bridgehead atoms. The molecule has 0 spiro atoms. The summed E-state index contributed by atoms with van der Waals surface area (Å²) in [7, 11) is 0. The molecule has 0 saturated carbocycles. The van der Waals surface area contributed by atoms with E-state index in [-0.39, 0.29) is 18.8 Å².